The molecule has 1 heterocycles. The second kappa shape index (κ2) is 6.51. The molecule has 0 aromatic rings. The van der Waals surface area contributed by atoms with E-state index in [0.29, 0.717) is 23.3 Å². The molecule has 3 aliphatic rings. The number of carbonyl (C=O) groups excluding carboxylic acids is 1. The molecule has 0 aromatic heterocycles. The number of amides is 1. The Morgan fingerprint density at radius 2 is 1.95 bits per heavy atom. The fraction of sp³-hybridized carbons (Fsp3) is 0.947. The van der Waals surface area contributed by atoms with Gasteiger partial charge in [-0.3, -0.25) is 4.79 Å². The monoisotopic (exact) mass is 306 g/mol. The van der Waals surface area contributed by atoms with E-state index in [1.807, 2.05) is 0 Å². The molecule has 126 valence electrons. The molecule has 1 N–H and O–H groups in total. The molecule has 1 aliphatic heterocycles. The van der Waals surface area contributed by atoms with Gasteiger partial charge in [0.15, 0.2) is 0 Å². The average molecular weight is 306 g/mol. The fourth-order valence-electron chi connectivity index (χ4n) is 5.03. The summed E-state index contributed by atoms with van der Waals surface area (Å²) in [5, 5.41) is 3.31. The number of carbonyl (C=O) groups is 1. The number of rotatable bonds is 5. The first-order valence-corrected chi connectivity index (χ1v) is 9.41. The van der Waals surface area contributed by atoms with Crippen LogP contribution in [0.2, 0.25) is 0 Å². The molecule has 0 radical (unpaired) electrons. The van der Waals surface area contributed by atoms with Crippen LogP contribution in [-0.2, 0) is 4.79 Å². The molecule has 0 bridgehead atoms. The standard InChI is InChI=1S/C19H34N2O/c1-14-8-16(11-19(2,3)10-14)9-18(22)20-17-6-7-21(13-17)12-15-4-5-15/h14-17H,4-13H2,1-3H3,(H,20,22)/t14-,16+,17+/m1/s1. The summed E-state index contributed by atoms with van der Waals surface area (Å²) < 4.78 is 0. The van der Waals surface area contributed by atoms with E-state index in [9.17, 15) is 4.79 Å². The molecule has 2 saturated carbocycles. The Kier molecular flexibility index (Phi) is 4.82. The van der Waals surface area contributed by atoms with Crippen LogP contribution in [0.25, 0.3) is 0 Å². The molecule has 0 spiro atoms. The predicted octanol–water partition coefficient (Wildman–Crippen LogP) is 3.44. The lowest BCUT2D eigenvalue weighted by Crippen LogP contribution is -2.39. The largest absolute Gasteiger partial charge is 0.352 e. The number of nitrogens with zero attached hydrogens (tertiary/aromatic N) is 1. The maximum absolute atomic E-state index is 12.4. The van der Waals surface area contributed by atoms with Crippen LogP contribution >= 0.6 is 0 Å². The second-order valence-electron chi connectivity index (χ2n) is 9.24. The Labute approximate surface area is 136 Å². The van der Waals surface area contributed by atoms with Crippen molar-refractivity contribution in [3.63, 3.8) is 0 Å². The first-order valence-electron chi connectivity index (χ1n) is 9.41. The molecular formula is C19H34N2O. The van der Waals surface area contributed by atoms with E-state index in [1.165, 1.54) is 45.2 Å². The highest BCUT2D eigenvalue weighted by molar-refractivity contribution is 5.76. The molecule has 0 unspecified atom stereocenters. The van der Waals surface area contributed by atoms with Gasteiger partial charge in [-0.1, -0.05) is 20.8 Å². The van der Waals surface area contributed by atoms with Crippen molar-refractivity contribution in [3.8, 4) is 0 Å². The van der Waals surface area contributed by atoms with Crippen LogP contribution in [0.4, 0.5) is 0 Å². The topological polar surface area (TPSA) is 32.3 Å². The van der Waals surface area contributed by atoms with Crippen molar-refractivity contribution in [2.45, 2.75) is 71.8 Å². The smallest absolute Gasteiger partial charge is 0.220 e. The summed E-state index contributed by atoms with van der Waals surface area (Å²) in [7, 11) is 0. The molecule has 3 heteroatoms. The molecule has 22 heavy (non-hydrogen) atoms. The van der Waals surface area contributed by atoms with Gasteiger partial charge in [-0.05, 0) is 61.7 Å². The minimum atomic E-state index is 0.299. The van der Waals surface area contributed by atoms with Gasteiger partial charge in [-0.2, -0.15) is 0 Å². The molecule has 2 aliphatic carbocycles. The lowest BCUT2D eigenvalue weighted by Gasteiger charge is -2.38. The minimum absolute atomic E-state index is 0.299. The Balaban J connectivity index is 1.40. The summed E-state index contributed by atoms with van der Waals surface area (Å²) in [6.45, 7) is 10.6. The SMILES string of the molecule is C[C@@H]1C[C@@H](CC(=O)N[C@H]2CCN(CC3CC3)C2)CC(C)(C)C1. The van der Waals surface area contributed by atoms with E-state index < -0.39 is 0 Å². The van der Waals surface area contributed by atoms with Crippen molar-refractivity contribution < 1.29 is 4.79 Å². The summed E-state index contributed by atoms with van der Waals surface area (Å²) in [5.41, 5.74) is 0.414. The highest BCUT2D eigenvalue weighted by atomic mass is 16.1. The van der Waals surface area contributed by atoms with E-state index >= 15 is 0 Å². The third-order valence-corrected chi connectivity index (χ3v) is 5.80. The van der Waals surface area contributed by atoms with Crippen molar-refractivity contribution in [1.29, 1.82) is 0 Å². The maximum Gasteiger partial charge on any atom is 0.220 e. The summed E-state index contributed by atoms with van der Waals surface area (Å²) in [6, 6.07) is 0.403. The van der Waals surface area contributed by atoms with Gasteiger partial charge < -0.3 is 10.2 Å². The number of hydrogen-bond acceptors (Lipinski definition) is 2. The molecular weight excluding hydrogens is 272 g/mol. The van der Waals surface area contributed by atoms with Crippen LogP contribution < -0.4 is 5.32 Å². The third-order valence-electron chi connectivity index (χ3n) is 5.80. The zero-order chi connectivity index (χ0) is 15.7. The van der Waals surface area contributed by atoms with Crippen molar-refractivity contribution in [3.05, 3.63) is 0 Å². The van der Waals surface area contributed by atoms with Gasteiger partial charge in [-0.15, -0.1) is 0 Å². The zero-order valence-electron chi connectivity index (χ0n) is 14.7. The highest BCUT2D eigenvalue weighted by Gasteiger charge is 2.34. The zero-order valence-corrected chi connectivity index (χ0v) is 14.7. The summed E-state index contributed by atoms with van der Waals surface area (Å²) >= 11 is 0. The summed E-state index contributed by atoms with van der Waals surface area (Å²) in [5.74, 6) is 2.61. The average Bonchev–Trinajstić information content (AvgIpc) is 3.06. The van der Waals surface area contributed by atoms with E-state index in [0.717, 1.165) is 31.2 Å². The second-order valence-corrected chi connectivity index (χ2v) is 9.24. The molecule has 1 amide bonds. The summed E-state index contributed by atoms with van der Waals surface area (Å²) in [6.07, 6.45) is 8.48. The number of nitrogens with one attached hydrogen (secondary N) is 1. The van der Waals surface area contributed by atoms with Crippen LogP contribution in [0.1, 0.15) is 65.7 Å². The normalized spacial score (nSPS) is 35.5. The van der Waals surface area contributed by atoms with Crippen LogP contribution in [0.15, 0.2) is 0 Å². The van der Waals surface area contributed by atoms with E-state index in [2.05, 4.69) is 31.0 Å². The third kappa shape index (κ3) is 4.71. The Hall–Kier alpha value is -0.570. The Morgan fingerprint density at radius 3 is 2.64 bits per heavy atom. The van der Waals surface area contributed by atoms with E-state index in [-0.39, 0.29) is 0 Å². The Bertz CT molecular complexity index is 402. The quantitative estimate of drug-likeness (QED) is 0.844. The molecule has 0 aromatic carbocycles. The van der Waals surface area contributed by atoms with Crippen molar-refractivity contribution in [2.24, 2.45) is 23.2 Å². The fourth-order valence-corrected chi connectivity index (χ4v) is 5.03. The van der Waals surface area contributed by atoms with Crippen LogP contribution in [-0.4, -0.2) is 36.5 Å². The van der Waals surface area contributed by atoms with Crippen molar-refractivity contribution >= 4 is 5.91 Å². The van der Waals surface area contributed by atoms with Crippen LogP contribution in [0, 0.1) is 23.2 Å². The first kappa shape index (κ1) is 16.3. The van der Waals surface area contributed by atoms with Crippen molar-refractivity contribution in [2.75, 3.05) is 19.6 Å². The molecule has 3 nitrogen and oxygen atoms in total. The minimum Gasteiger partial charge on any atom is -0.352 e. The lowest BCUT2D eigenvalue weighted by molar-refractivity contribution is -0.123. The van der Waals surface area contributed by atoms with Gasteiger partial charge in [0.25, 0.3) is 0 Å². The van der Waals surface area contributed by atoms with Gasteiger partial charge in [0.2, 0.25) is 5.91 Å². The maximum atomic E-state index is 12.4. The number of hydrogen-bond donors (Lipinski definition) is 1. The van der Waals surface area contributed by atoms with Gasteiger partial charge in [0, 0.05) is 32.1 Å². The predicted molar refractivity (Wildman–Crippen MR) is 90.6 cm³/mol. The van der Waals surface area contributed by atoms with Gasteiger partial charge in [0.05, 0.1) is 0 Å². The summed E-state index contributed by atoms with van der Waals surface area (Å²) in [4.78, 5) is 14.9. The number of likely N-dealkylation sites (tertiary alicyclic amines) is 1. The van der Waals surface area contributed by atoms with Gasteiger partial charge in [-0.25, -0.2) is 0 Å². The van der Waals surface area contributed by atoms with Gasteiger partial charge in [0.1, 0.15) is 0 Å². The molecule has 3 atom stereocenters. The first-order chi connectivity index (χ1) is 10.4. The van der Waals surface area contributed by atoms with Crippen LogP contribution in [0.3, 0.4) is 0 Å². The Morgan fingerprint density at radius 1 is 1.18 bits per heavy atom. The van der Waals surface area contributed by atoms with Gasteiger partial charge >= 0.3 is 0 Å². The van der Waals surface area contributed by atoms with Crippen molar-refractivity contribution in [1.82, 2.24) is 10.2 Å². The molecule has 1 saturated heterocycles. The molecule has 3 fully saturated rings. The van der Waals surface area contributed by atoms with Crippen LogP contribution in [0.5, 0.6) is 0 Å². The highest BCUT2D eigenvalue weighted by Crippen LogP contribution is 2.42. The lowest BCUT2D eigenvalue weighted by atomic mass is 9.67. The van der Waals surface area contributed by atoms with E-state index in [4.69, 9.17) is 0 Å². The molecule has 3 rings (SSSR count). The van der Waals surface area contributed by atoms with E-state index in [1.54, 1.807) is 0 Å².